The fourth-order valence-corrected chi connectivity index (χ4v) is 5.67. The van der Waals surface area contributed by atoms with Crippen LogP contribution in [0.5, 0.6) is 0 Å². The number of benzene rings is 1. The molecule has 1 amide bonds. The molecule has 3 aromatic heterocycles. The van der Waals surface area contributed by atoms with Crippen molar-refractivity contribution < 1.29 is 9.18 Å². The number of halogens is 1. The molecule has 1 aliphatic carbocycles. The minimum absolute atomic E-state index is 0.0835. The van der Waals surface area contributed by atoms with Crippen molar-refractivity contribution in [2.75, 3.05) is 0 Å². The summed E-state index contributed by atoms with van der Waals surface area (Å²) in [6.45, 7) is 7.94. The number of amides is 1. The SMILES string of the molecule is CCc1nc(C)ccc1-c1cc(C(=O)N2Cc3cnn(C)c3C2)cc2c(F)c(CC)n(CC3CC3)c12. The van der Waals surface area contributed by atoms with E-state index >= 15 is 4.39 Å². The Balaban J connectivity index is 1.55. The number of rotatable bonds is 6. The Hall–Kier alpha value is -3.48. The number of hydrogen-bond acceptors (Lipinski definition) is 3. The number of carbonyl (C=O) groups excluding carboxylic acids is 1. The maximum atomic E-state index is 16.0. The molecule has 1 saturated carbocycles. The van der Waals surface area contributed by atoms with Gasteiger partial charge in [-0.05, 0) is 56.7 Å². The lowest BCUT2D eigenvalue weighted by Crippen LogP contribution is -2.26. The zero-order chi connectivity index (χ0) is 25.1. The van der Waals surface area contributed by atoms with E-state index in [0.717, 1.165) is 57.9 Å². The van der Waals surface area contributed by atoms with E-state index in [1.54, 1.807) is 6.07 Å². The van der Waals surface area contributed by atoms with Gasteiger partial charge in [0.2, 0.25) is 0 Å². The van der Waals surface area contributed by atoms with Crippen LogP contribution in [-0.2, 0) is 39.5 Å². The largest absolute Gasteiger partial charge is 0.341 e. The van der Waals surface area contributed by atoms with Gasteiger partial charge in [0.1, 0.15) is 0 Å². The van der Waals surface area contributed by atoms with Crippen LogP contribution in [0.25, 0.3) is 22.0 Å². The fraction of sp³-hybridized carbons (Fsp3) is 0.414. The average molecular weight is 486 g/mol. The topological polar surface area (TPSA) is 56.0 Å². The molecule has 6 nitrogen and oxygen atoms in total. The highest BCUT2D eigenvalue weighted by Gasteiger charge is 2.31. The van der Waals surface area contributed by atoms with Gasteiger partial charge in [-0.3, -0.25) is 14.5 Å². The maximum Gasteiger partial charge on any atom is 0.254 e. The third-order valence-electron chi connectivity index (χ3n) is 7.79. The second kappa shape index (κ2) is 8.57. The molecule has 0 spiro atoms. The zero-order valence-corrected chi connectivity index (χ0v) is 21.4. The van der Waals surface area contributed by atoms with Gasteiger partial charge < -0.3 is 9.47 Å². The molecule has 6 rings (SSSR count). The van der Waals surface area contributed by atoms with E-state index in [1.165, 1.54) is 12.8 Å². The standard InChI is InChI=1S/C29H32FN5O/c1-5-24-21(10-7-17(3)32-24)22-11-19(29(36)34-15-20-13-31-33(4)26(20)16-34)12-23-27(30)25(6-2)35(28(22)23)14-18-8-9-18/h7,10-13,18H,5-6,8-9,14-16H2,1-4H3. The predicted molar refractivity (Wildman–Crippen MR) is 138 cm³/mol. The number of carbonyl (C=O) groups is 1. The van der Waals surface area contributed by atoms with Crippen molar-refractivity contribution in [3.63, 3.8) is 0 Å². The van der Waals surface area contributed by atoms with E-state index in [-0.39, 0.29) is 11.7 Å². The van der Waals surface area contributed by atoms with Crippen molar-refractivity contribution in [2.45, 2.75) is 66.1 Å². The summed E-state index contributed by atoms with van der Waals surface area (Å²) in [6, 6.07) is 7.83. The number of aromatic nitrogens is 4. The van der Waals surface area contributed by atoms with Gasteiger partial charge in [-0.1, -0.05) is 19.9 Å². The third-order valence-corrected chi connectivity index (χ3v) is 7.79. The van der Waals surface area contributed by atoms with Gasteiger partial charge in [-0.15, -0.1) is 0 Å². The van der Waals surface area contributed by atoms with Crippen molar-refractivity contribution in [1.29, 1.82) is 0 Å². The molecule has 1 fully saturated rings. The molecule has 0 unspecified atom stereocenters. The molecular formula is C29H32FN5O. The van der Waals surface area contributed by atoms with E-state index in [9.17, 15) is 4.79 Å². The Bertz CT molecular complexity index is 1510. The van der Waals surface area contributed by atoms with Crippen molar-refractivity contribution in [2.24, 2.45) is 13.0 Å². The van der Waals surface area contributed by atoms with Crippen LogP contribution in [0.2, 0.25) is 0 Å². The van der Waals surface area contributed by atoms with Gasteiger partial charge in [0, 0.05) is 59.2 Å². The second-order valence-corrected chi connectivity index (χ2v) is 10.3. The Labute approximate surface area is 210 Å². The van der Waals surface area contributed by atoms with Crippen LogP contribution in [0.4, 0.5) is 4.39 Å². The van der Waals surface area contributed by atoms with E-state index in [0.29, 0.717) is 36.4 Å². The van der Waals surface area contributed by atoms with Gasteiger partial charge in [0.25, 0.3) is 5.91 Å². The second-order valence-electron chi connectivity index (χ2n) is 10.3. The van der Waals surface area contributed by atoms with Crippen molar-refractivity contribution >= 4 is 16.8 Å². The number of fused-ring (bicyclic) bond motifs is 2. The lowest BCUT2D eigenvalue weighted by atomic mass is 9.96. The lowest BCUT2D eigenvalue weighted by Gasteiger charge is -2.19. The lowest BCUT2D eigenvalue weighted by molar-refractivity contribution is 0.0748. The van der Waals surface area contributed by atoms with E-state index < -0.39 is 0 Å². The molecule has 7 heteroatoms. The Morgan fingerprint density at radius 1 is 1.11 bits per heavy atom. The zero-order valence-electron chi connectivity index (χ0n) is 21.4. The average Bonchev–Trinajstić information content (AvgIpc) is 3.39. The van der Waals surface area contributed by atoms with E-state index in [1.807, 2.05) is 48.8 Å². The molecule has 0 saturated heterocycles. The normalized spacial score (nSPS) is 15.2. The predicted octanol–water partition coefficient (Wildman–Crippen LogP) is 5.58. The number of hydrogen-bond donors (Lipinski definition) is 0. The maximum absolute atomic E-state index is 16.0. The summed E-state index contributed by atoms with van der Waals surface area (Å²) < 4.78 is 20.0. The summed E-state index contributed by atoms with van der Waals surface area (Å²) in [5.41, 5.74) is 8.06. The summed E-state index contributed by atoms with van der Waals surface area (Å²) in [5, 5.41) is 4.84. The van der Waals surface area contributed by atoms with E-state index in [2.05, 4.69) is 22.7 Å². The van der Waals surface area contributed by atoms with Crippen LogP contribution in [0, 0.1) is 18.7 Å². The number of aryl methyl sites for hydroxylation is 3. The van der Waals surface area contributed by atoms with Gasteiger partial charge in [0.15, 0.2) is 5.82 Å². The molecule has 0 radical (unpaired) electrons. The summed E-state index contributed by atoms with van der Waals surface area (Å²) in [5.74, 6) is 0.314. The first kappa shape index (κ1) is 23.0. The Kier molecular flexibility index (Phi) is 5.47. The minimum Gasteiger partial charge on any atom is -0.341 e. The van der Waals surface area contributed by atoms with Crippen molar-refractivity contribution in [3.05, 3.63) is 70.2 Å². The highest BCUT2D eigenvalue weighted by Crippen LogP contribution is 2.40. The molecule has 2 aliphatic rings. The van der Waals surface area contributed by atoms with Crippen LogP contribution in [0.15, 0.2) is 30.5 Å². The molecule has 36 heavy (non-hydrogen) atoms. The summed E-state index contributed by atoms with van der Waals surface area (Å²) in [7, 11) is 1.90. The Morgan fingerprint density at radius 3 is 2.61 bits per heavy atom. The summed E-state index contributed by atoms with van der Waals surface area (Å²) in [4.78, 5) is 20.4. The monoisotopic (exact) mass is 485 g/mol. The Morgan fingerprint density at radius 2 is 1.92 bits per heavy atom. The molecule has 0 atom stereocenters. The molecule has 4 aromatic rings. The molecule has 1 aromatic carbocycles. The van der Waals surface area contributed by atoms with E-state index in [4.69, 9.17) is 4.98 Å². The molecular weight excluding hydrogens is 453 g/mol. The molecule has 1 aliphatic heterocycles. The third kappa shape index (κ3) is 3.64. The van der Waals surface area contributed by atoms with Gasteiger partial charge >= 0.3 is 0 Å². The molecule has 4 heterocycles. The highest BCUT2D eigenvalue weighted by molar-refractivity contribution is 6.04. The van der Waals surface area contributed by atoms with Crippen molar-refractivity contribution in [1.82, 2.24) is 24.2 Å². The van der Waals surface area contributed by atoms with Gasteiger partial charge in [-0.2, -0.15) is 5.10 Å². The summed E-state index contributed by atoms with van der Waals surface area (Å²) >= 11 is 0. The van der Waals surface area contributed by atoms with Crippen molar-refractivity contribution in [3.8, 4) is 11.1 Å². The first-order valence-corrected chi connectivity index (χ1v) is 13.0. The first-order valence-electron chi connectivity index (χ1n) is 13.0. The minimum atomic E-state index is -0.198. The van der Waals surface area contributed by atoms with Crippen LogP contribution in [0.3, 0.4) is 0 Å². The molecule has 0 N–H and O–H groups in total. The molecule has 0 bridgehead atoms. The number of nitrogens with zero attached hydrogens (tertiary/aromatic N) is 5. The van der Waals surface area contributed by atoms with Crippen LogP contribution < -0.4 is 0 Å². The number of pyridine rings is 1. The first-order chi connectivity index (χ1) is 17.4. The quantitative estimate of drug-likeness (QED) is 0.359. The molecule has 186 valence electrons. The highest BCUT2D eigenvalue weighted by atomic mass is 19.1. The van der Waals surface area contributed by atoms with Gasteiger partial charge in [-0.25, -0.2) is 4.39 Å². The fourth-order valence-electron chi connectivity index (χ4n) is 5.67. The van der Waals surface area contributed by atoms with Gasteiger partial charge in [0.05, 0.1) is 29.6 Å². The van der Waals surface area contributed by atoms with Crippen LogP contribution >= 0.6 is 0 Å². The summed E-state index contributed by atoms with van der Waals surface area (Å²) in [6.07, 6.45) is 5.57. The van der Waals surface area contributed by atoms with Crippen LogP contribution in [-0.4, -0.2) is 30.1 Å². The van der Waals surface area contributed by atoms with Crippen LogP contribution in [0.1, 0.15) is 65.4 Å². The smallest absolute Gasteiger partial charge is 0.254 e.